The van der Waals surface area contributed by atoms with Gasteiger partial charge in [0.2, 0.25) is 0 Å². The molecule has 0 spiro atoms. The number of hydrogen-bond acceptors (Lipinski definition) is 3. The Kier molecular flexibility index (Phi) is 12.2. The van der Waals surface area contributed by atoms with Crippen LogP contribution in [0.1, 0.15) is 153 Å². The molecule has 0 fully saturated rings. The zero-order valence-electron chi connectivity index (χ0n) is 47.6. The van der Waals surface area contributed by atoms with Crippen molar-refractivity contribution in [3.63, 3.8) is 0 Å². The maximum absolute atomic E-state index is 2.74. The molecule has 0 saturated heterocycles. The van der Waals surface area contributed by atoms with Gasteiger partial charge in [-0.1, -0.05) is 168 Å². The van der Waals surface area contributed by atoms with Crippen LogP contribution in [0.4, 0.5) is 51.2 Å². The molecule has 8 aromatic carbocycles. The summed E-state index contributed by atoms with van der Waals surface area (Å²) in [7, 11) is 0. The topological polar surface area (TPSA) is 9.72 Å². The van der Waals surface area contributed by atoms with Gasteiger partial charge in [-0.3, -0.25) is 0 Å². The highest BCUT2D eigenvalue weighted by molar-refractivity contribution is 7.00. The average Bonchev–Trinajstić information content (AvgIpc) is 3.42. The molecule has 4 heteroatoms. The Balaban J connectivity index is 1.25. The summed E-state index contributed by atoms with van der Waals surface area (Å²) >= 11 is 0. The molecule has 0 aromatic heterocycles. The van der Waals surface area contributed by atoms with Crippen molar-refractivity contribution in [1.82, 2.24) is 0 Å². The van der Waals surface area contributed by atoms with Crippen LogP contribution in [-0.4, -0.2) is 6.71 Å². The van der Waals surface area contributed by atoms with Gasteiger partial charge in [-0.05, 0) is 212 Å². The van der Waals surface area contributed by atoms with Gasteiger partial charge in [-0.25, -0.2) is 0 Å². The fourth-order valence-corrected chi connectivity index (χ4v) is 13.2. The van der Waals surface area contributed by atoms with Crippen molar-refractivity contribution in [3.8, 4) is 11.1 Å². The maximum atomic E-state index is 2.74. The van der Waals surface area contributed by atoms with Gasteiger partial charge < -0.3 is 14.7 Å². The summed E-state index contributed by atoms with van der Waals surface area (Å²) < 4.78 is 0. The molecule has 384 valence electrons. The molecule has 2 aliphatic carbocycles. The Bertz CT molecular complexity index is 3450. The molecule has 4 aliphatic rings. The van der Waals surface area contributed by atoms with E-state index in [2.05, 4.69) is 256 Å². The predicted octanol–water partition coefficient (Wildman–Crippen LogP) is 17.9. The third kappa shape index (κ3) is 8.69. The first-order valence-electron chi connectivity index (χ1n) is 28.6. The number of aryl methyl sites for hydroxylation is 2. The van der Waals surface area contributed by atoms with Gasteiger partial charge >= 0.3 is 0 Å². The molecular formula is C72H78BN3. The average molecular weight is 996 g/mol. The second-order valence-corrected chi connectivity index (χ2v) is 26.8. The van der Waals surface area contributed by atoms with Gasteiger partial charge in [-0.15, -0.1) is 0 Å². The molecule has 2 heterocycles. The van der Waals surface area contributed by atoms with E-state index in [-0.39, 0.29) is 28.4 Å². The van der Waals surface area contributed by atoms with Crippen molar-refractivity contribution in [2.24, 2.45) is 0 Å². The quantitative estimate of drug-likeness (QED) is 0.154. The molecule has 0 amide bonds. The largest absolute Gasteiger partial charge is 0.311 e. The summed E-state index contributed by atoms with van der Waals surface area (Å²) in [6.45, 7) is 28.3. The van der Waals surface area contributed by atoms with Crippen LogP contribution in [0, 0.1) is 0 Å². The van der Waals surface area contributed by atoms with Gasteiger partial charge in [0, 0.05) is 45.4 Å². The van der Waals surface area contributed by atoms with Crippen molar-refractivity contribution in [2.45, 2.75) is 156 Å². The highest BCUT2D eigenvalue weighted by atomic mass is 15.2. The molecule has 0 N–H and O–H groups in total. The molecule has 8 aromatic rings. The third-order valence-corrected chi connectivity index (χ3v) is 17.4. The van der Waals surface area contributed by atoms with E-state index in [0.717, 1.165) is 29.9 Å². The summed E-state index contributed by atoms with van der Waals surface area (Å²) in [5.41, 5.74) is 29.4. The normalized spacial score (nSPS) is 15.1. The zero-order chi connectivity index (χ0) is 53.1. The second kappa shape index (κ2) is 18.5. The van der Waals surface area contributed by atoms with Crippen molar-refractivity contribution in [3.05, 3.63) is 202 Å². The van der Waals surface area contributed by atoms with E-state index in [0.29, 0.717) is 0 Å². The van der Waals surface area contributed by atoms with Gasteiger partial charge in [0.05, 0.1) is 11.4 Å². The SMILES string of the molecule is CC(C)(C)c1ccc(N2c3ccc(C(C)(C)C)cc3B3c4cc(C(C)(C)C)ccc4N(c4ccc(C(C)(C)C)cc4-c4c5c(cc6c4CCCC6)CCCC5)c4cc(N(c5ccccc5)c5ccccc5)cc2c43)cc1. The van der Waals surface area contributed by atoms with Crippen LogP contribution in [0.5, 0.6) is 0 Å². The van der Waals surface area contributed by atoms with E-state index in [4.69, 9.17) is 0 Å². The van der Waals surface area contributed by atoms with Crippen LogP contribution in [0.3, 0.4) is 0 Å². The highest BCUT2D eigenvalue weighted by Gasteiger charge is 2.46. The van der Waals surface area contributed by atoms with Crippen molar-refractivity contribution in [1.29, 1.82) is 0 Å². The first-order valence-corrected chi connectivity index (χ1v) is 28.6. The monoisotopic (exact) mass is 996 g/mol. The molecule has 0 saturated carbocycles. The Morgan fingerprint density at radius 1 is 0.368 bits per heavy atom. The molecule has 0 atom stereocenters. The lowest BCUT2D eigenvalue weighted by Gasteiger charge is -2.46. The number of rotatable bonds is 6. The summed E-state index contributed by atoms with van der Waals surface area (Å²) in [5, 5.41) is 0. The number of para-hydroxylation sites is 2. The van der Waals surface area contributed by atoms with Crippen molar-refractivity contribution in [2.75, 3.05) is 14.7 Å². The minimum atomic E-state index is -0.0635. The van der Waals surface area contributed by atoms with E-state index >= 15 is 0 Å². The third-order valence-electron chi connectivity index (χ3n) is 17.4. The standard InChI is InChI=1S/C72H78BN3/c1-69(2,3)49-31-36-55(37-32-49)75-63-39-34-51(71(7,8)9)43-60(63)73-61-44-52(72(10,11)12)35-40-64(61)76(66-46-56(45-65(75)68(66)73)74(53-25-15-13-16-26-53)54-27-17-14-18-28-54)62-38-33-50(70(4,5)6)42-59(62)67-57-29-21-19-23-47(57)41-48-24-20-22-30-58(48)67/h13-18,25-28,31-46H,19-24,29-30H2,1-12H3. The second-order valence-electron chi connectivity index (χ2n) is 26.8. The van der Waals surface area contributed by atoms with Crippen molar-refractivity contribution < 1.29 is 0 Å². The van der Waals surface area contributed by atoms with E-state index in [9.17, 15) is 0 Å². The summed E-state index contributed by atoms with van der Waals surface area (Å²) in [5.74, 6) is 0. The zero-order valence-corrected chi connectivity index (χ0v) is 47.6. The number of fused-ring (bicyclic) bond motifs is 6. The molecule has 0 radical (unpaired) electrons. The molecule has 0 unspecified atom stereocenters. The van der Waals surface area contributed by atoms with Gasteiger partial charge in [0.1, 0.15) is 0 Å². The molecule has 12 rings (SSSR count). The smallest absolute Gasteiger partial charge is 0.252 e. The lowest BCUT2D eigenvalue weighted by molar-refractivity contribution is 0.590. The summed E-state index contributed by atoms with van der Waals surface area (Å²) in [4.78, 5) is 7.84. The van der Waals surface area contributed by atoms with Crippen molar-refractivity contribution >= 4 is 74.3 Å². The first kappa shape index (κ1) is 50.1. The van der Waals surface area contributed by atoms with Crippen LogP contribution in [0.2, 0.25) is 0 Å². The van der Waals surface area contributed by atoms with Crippen LogP contribution in [-0.2, 0) is 47.3 Å². The Labute approximate surface area is 456 Å². The van der Waals surface area contributed by atoms with Gasteiger partial charge in [-0.2, -0.15) is 0 Å². The van der Waals surface area contributed by atoms with E-state index in [1.807, 2.05) is 0 Å². The fraction of sp³-hybridized carbons (Fsp3) is 0.333. The molecule has 3 nitrogen and oxygen atoms in total. The Hall–Kier alpha value is -6.78. The maximum Gasteiger partial charge on any atom is 0.252 e. The lowest BCUT2D eigenvalue weighted by atomic mass is 9.33. The van der Waals surface area contributed by atoms with Crippen LogP contribution in [0.25, 0.3) is 11.1 Å². The first-order chi connectivity index (χ1) is 36.2. The molecule has 2 aliphatic heterocycles. The lowest BCUT2D eigenvalue weighted by Crippen LogP contribution is -2.61. The minimum absolute atomic E-state index is 0.0163. The minimum Gasteiger partial charge on any atom is -0.311 e. The number of nitrogens with zero attached hydrogens (tertiary/aromatic N) is 3. The summed E-state index contributed by atoms with van der Waals surface area (Å²) in [6.07, 6.45) is 9.62. The van der Waals surface area contributed by atoms with Crippen LogP contribution >= 0.6 is 0 Å². The van der Waals surface area contributed by atoms with E-state index in [1.54, 1.807) is 22.3 Å². The summed E-state index contributed by atoms with van der Waals surface area (Å²) in [6, 6.07) is 61.8. The van der Waals surface area contributed by atoms with Crippen LogP contribution < -0.4 is 31.1 Å². The molecular weight excluding hydrogens is 918 g/mol. The fourth-order valence-electron chi connectivity index (χ4n) is 13.2. The highest BCUT2D eigenvalue weighted by Crippen LogP contribution is 2.53. The Morgan fingerprint density at radius 2 is 0.789 bits per heavy atom. The van der Waals surface area contributed by atoms with Gasteiger partial charge in [0.15, 0.2) is 0 Å². The number of benzene rings is 8. The van der Waals surface area contributed by atoms with Crippen LogP contribution in [0.15, 0.2) is 158 Å². The van der Waals surface area contributed by atoms with Gasteiger partial charge in [0.25, 0.3) is 6.71 Å². The number of hydrogen-bond donors (Lipinski definition) is 0. The molecule has 0 bridgehead atoms. The molecule has 76 heavy (non-hydrogen) atoms. The van der Waals surface area contributed by atoms with E-state index in [1.165, 1.54) is 122 Å². The predicted molar refractivity (Wildman–Crippen MR) is 329 cm³/mol. The Morgan fingerprint density at radius 3 is 1.28 bits per heavy atom. The van der Waals surface area contributed by atoms with E-state index < -0.39 is 0 Å². The number of anilines is 9.